The summed E-state index contributed by atoms with van der Waals surface area (Å²) in [5.74, 6) is 2.97. The summed E-state index contributed by atoms with van der Waals surface area (Å²) in [7, 11) is 0. The summed E-state index contributed by atoms with van der Waals surface area (Å²) in [5.41, 5.74) is -0.0552. The first-order chi connectivity index (χ1) is 7.56. The third kappa shape index (κ3) is 3.52. The zero-order chi connectivity index (χ0) is 12.1. The molecule has 1 aromatic heterocycles. The van der Waals surface area contributed by atoms with Gasteiger partial charge >= 0.3 is 0 Å². The van der Waals surface area contributed by atoms with Gasteiger partial charge < -0.3 is 0 Å². The highest BCUT2D eigenvalue weighted by Crippen LogP contribution is 2.13. The first kappa shape index (κ1) is 13.6. The molecule has 16 heavy (non-hydrogen) atoms. The van der Waals surface area contributed by atoms with E-state index in [2.05, 4.69) is 11.9 Å². The zero-order valence-electron chi connectivity index (χ0n) is 9.86. The molecule has 0 aliphatic rings. The van der Waals surface area contributed by atoms with Gasteiger partial charge in [0.1, 0.15) is 11.0 Å². The molecule has 0 atom stereocenters. The lowest BCUT2D eigenvalue weighted by Gasteiger charge is -2.14. The Morgan fingerprint density at radius 3 is 2.81 bits per heavy atom. The normalized spacial score (nSPS) is 11.1. The van der Waals surface area contributed by atoms with E-state index in [1.165, 1.54) is 6.07 Å². The minimum Gasteiger partial charge on any atom is -0.296 e. The van der Waals surface area contributed by atoms with E-state index in [0.717, 1.165) is 17.3 Å². The van der Waals surface area contributed by atoms with Gasteiger partial charge in [-0.1, -0.05) is 32.4 Å². The first-order valence-electron chi connectivity index (χ1n) is 5.41. The number of rotatable bonds is 5. The maximum absolute atomic E-state index is 11.8. The Balaban J connectivity index is 3.00. The van der Waals surface area contributed by atoms with Gasteiger partial charge in [0.2, 0.25) is 0 Å². The van der Waals surface area contributed by atoms with Crippen molar-refractivity contribution < 1.29 is 0 Å². The minimum atomic E-state index is -0.0552. The maximum Gasteiger partial charge on any atom is 0.255 e. The van der Waals surface area contributed by atoms with E-state index in [1.54, 1.807) is 4.57 Å². The van der Waals surface area contributed by atoms with Crippen molar-refractivity contribution in [1.82, 2.24) is 9.55 Å². The average Bonchev–Trinajstić information content (AvgIpc) is 2.20. The molecule has 0 bridgehead atoms. The van der Waals surface area contributed by atoms with Crippen LogP contribution in [0.15, 0.2) is 10.9 Å². The fourth-order valence-corrected chi connectivity index (χ4v) is 2.24. The van der Waals surface area contributed by atoms with Crippen LogP contribution in [0, 0.1) is 0 Å². The molecule has 0 amide bonds. The van der Waals surface area contributed by atoms with Gasteiger partial charge in [0.05, 0.1) is 0 Å². The summed E-state index contributed by atoms with van der Waals surface area (Å²) in [6.45, 7) is 6.84. The van der Waals surface area contributed by atoms with Crippen LogP contribution in [-0.4, -0.2) is 21.1 Å². The predicted octanol–water partition coefficient (Wildman–Crippen LogP) is 2.77. The van der Waals surface area contributed by atoms with Crippen molar-refractivity contribution in [2.75, 3.05) is 11.5 Å². The predicted molar refractivity (Wildman–Crippen MR) is 70.6 cm³/mol. The number of nitrogens with zero attached hydrogens (tertiary/aromatic N) is 2. The number of aromatic nitrogens is 2. The highest BCUT2D eigenvalue weighted by atomic mass is 35.5. The summed E-state index contributed by atoms with van der Waals surface area (Å²) in [6, 6.07) is 1.38. The third-order valence-corrected chi connectivity index (χ3v) is 3.26. The third-order valence-electron chi connectivity index (χ3n) is 2.19. The molecule has 0 aliphatic heterocycles. The summed E-state index contributed by atoms with van der Waals surface area (Å²) in [4.78, 5) is 16.0. The molecule has 1 rings (SSSR count). The quantitative estimate of drug-likeness (QED) is 0.603. The van der Waals surface area contributed by atoms with Gasteiger partial charge in [-0.25, -0.2) is 4.98 Å². The second-order valence-corrected chi connectivity index (χ2v) is 5.56. The average molecular weight is 261 g/mol. The summed E-state index contributed by atoms with van der Waals surface area (Å²) >= 11 is 7.61. The molecule has 5 heteroatoms. The summed E-state index contributed by atoms with van der Waals surface area (Å²) in [5, 5.41) is 0.285. The van der Waals surface area contributed by atoms with Crippen molar-refractivity contribution in [1.29, 1.82) is 0 Å². The SMILES string of the molecule is CCSCCn1c(C(C)C)nc(Cl)cc1=O. The molecule has 0 saturated heterocycles. The van der Waals surface area contributed by atoms with Gasteiger partial charge in [-0.2, -0.15) is 11.8 Å². The summed E-state index contributed by atoms with van der Waals surface area (Å²) in [6.07, 6.45) is 0. The van der Waals surface area contributed by atoms with Gasteiger partial charge in [0, 0.05) is 24.3 Å². The number of thioether (sulfide) groups is 1. The van der Waals surface area contributed by atoms with Gasteiger partial charge in [0.25, 0.3) is 5.56 Å². The van der Waals surface area contributed by atoms with Crippen LogP contribution < -0.4 is 5.56 Å². The van der Waals surface area contributed by atoms with Crippen molar-refractivity contribution in [2.24, 2.45) is 0 Å². The number of hydrogen-bond acceptors (Lipinski definition) is 3. The maximum atomic E-state index is 11.8. The zero-order valence-corrected chi connectivity index (χ0v) is 11.4. The fourth-order valence-electron chi connectivity index (χ4n) is 1.46. The number of halogens is 1. The molecular weight excluding hydrogens is 244 g/mol. The van der Waals surface area contributed by atoms with Gasteiger partial charge in [0.15, 0.2) is 0 Å². The van der Waals surface area contributed by atoms with Crippen LogP contribution in [0.3, 0.4) is 0 Å². The monoisotopic (exact) mass is 260 g/mol. The molecule has 90 valence electrons. The van der Waals surface area contributed by atoms with Crippen molar-refractivity contribution in [3.63, 3.8) is 0 Å². The second-order valence-electron chi connectivity index (χ2n) is 3.78. The van der Waals surface area contributed by atoms with E-state index >= 15 is 0 Å². The summed E-state index contributed by atoms with van der Waals surface area (Å²) < 4.78 is 1.72. The molecule has 0 aliphatic carbocycles. The van der Waals surface area contributed by atoms with Crippen molar-refractivity contribution in [3.8, 4) is 0 Å². The second kappa shape index (κ2) is 6.30. The Labute approximate surface area is 105 Å². The van der Waals surface area contributed by atoms with E-state index < -0.39 is 0 Å². The van der Waals surface area contributed by atoms with Crippen molar-refractivity contribution in [2.45, 2.75) is 33.2 Å². The largest absolute Gasteiger partial charge is 0.296 e. The lowest BCUT2D eigenvalue weighted by Crippen LogP contribution is -2.26. The van der Waals surface area contributed by atoms with Crippen molar-refractivity contribution >= 4 is 23.4 Å². The first-order valence-corrected chi connectivity index (χ1v) is 6.94. The molecule has 0 fully saturated rings. The van der Waals surface area contributed by atoms with Crippen LogP contribution in [0.5, 0.6) is 0 Å². The molecule has 0 radical (unpaired) electrons. The lowest BCUT2D eigenvalue weighted by molar-refractivity contribution is 0.612. The molecule has 0 N–H and O–H groups in total. The Hall–Kier alpha value is -0.480. The topological polar surface area (TPSA) is 34.9 Å². The molecule has 0 spiro atoms. The van der Waals surface area contributed by atoms with E-state index in [-0.39, 0.29) is 16.6 Å². The highest BCUT2D eigenvalue weighted by Gasteiger charge is 2.10. The lowest BCUT2D eigenvalue weighted by atomic mass is 10.2. The van der Waals surface area contributed by atoms with Crippen molar-refractivity contribution in [3.05, 3.63) is 27.4 Å². The molecule has 0 unspecified atom stereocenters. The standard InChI is InChI=1S/C11H17ClN2OS/c1-4-16-6-5-14-10(15)7-9(12)13-11(14)8(2)3/h7-8H,4-6H2,1-3H3. The molecule has 1 heterocycles. The molecular formula is C11H17ClN2OS. The van der Waals surface area contributed by atoms with E-state index in [9.17, 15) is 4.79 Å². The molecule has 0 aromatic carbocycles. The fraction of sp³-hybridized carbons (Fsp3) is 0.636. The van der Waals surface area contributed by atoms with Gasteiger partial charge in [-0.05, 0) is 5.75 Å². The Kier molecular flexibility index (Phi) is 5.35. The highest BCUT2D eigenvalue weighted by molar-refractivity contribution is 7.99. The van der Waals surface area contributed by atoms with Crippen LogP contribution in [0.4, 0.5) is 0 Å². The van der Waals surface area contributed by atoms with E-state index in [4.69, 9.17) is 11.6 Å². The Morgan fingerprint density at radius 2 is 2.25 bits per heavy atom. The van der Waals surface area contributed by atoms with Crippen LogP contribution in [0.2, 0.25) is 5.15 Å². The van der Waals surface area contributed by atoms with E-state index in [1.807, 2.05) is 25.6 Å². The van der Waals surface area contributed by atoms with Gasteiger partial charge in [-0.3, -0.25) is 9.36 Å². The molecule has 3 nitrogen and oxygen atoms in total. The van der Waals surface area contributed by atoms with Crippen LogP contribution in [-0.2, 0) is 6.54 Å². The number of hydrogen-bond donors (Lipinski definition) is 0. The minimum absolute atomic E-state index is 0.0552. The Morgan fingerprint density at radius 1 is 1.56 bits per heavy atom. The van der Waals surface area contributed by atoms with Crippen LogP contribution in [0.25, 0.3) is 0 Å². The Bertz CT molecular complexity index is 403. The molecule has 0 saturated carbocycles. The van der Waals surface area contributed by atoms with Crippen LogP contribution >= 0.6 is 23.4 Å². The van der Waals surface area contributed by atoms with Gasteiger partial charge in [-0.15, -0.1) is 0 Å². The van der Waals surface area contributed by atoms with E-state index in [0.29, 0.717) is 6.54 Å². The van der Waals surface area contributed by atoms with Crippen LogP contribution in [0.1, 0.15) is 32.5 Å². The smallest absolute Gasteiger partial charge is 0.255 e. The molecule has 1 aromatic rings.